The number of hydrogen-bond donors (Lipinski definition) is 1. The van der Waals surface area contributed by atoms with Crippen LogP contribution >= 0.6 is 0 Å². The Bertz CT molecular complexity index is 1500. The number of nitrogens with two attached hydrogens (primary N) is 1. The lowest BCUT2D eigenvalue weighted by molar-refractivity contribution is -0.120. The summed E-state index contributed by atoms with van der Waals surface area (Å²) in [6.07, 6.45) is 2.54. The number of primary amides is 1. The molecule has 6 rings (SSSR count). The Labute approximate surface area is 196 Å². The molecular formula is C27H27FN4O2. The molecule has 1 amide bonds. The highest BCUT2D eigenvalue weighted by atomic mass is 19.1. The van der Waals surface area contributed by atoms with Crippen LogP contribution in [0, 0.1) is 5.82 Å². The molecule has 1 aliphatic heterocycles. The van der Waals surface area contributed by atoms with Gasteiger partial charge in [0.2, 0.25) is 5.91 Å². The summed E-state index contributed by atoms with van der Waals surface area (Å²) in [5, 5.41) is 1.77. The number of carbonyl (C=O) groups is 1. The fraction of sp³-hybridized carbons (Fsp3) is 0.333. The largest absolute Gasteiger partial charge is 0.368 e. The van der Waals surface area contributed by atoms with Crippen molar-refractivity contribution in [3.63, 3.8) is 0 Å². The molecule has 2 atom stereocenters. The zero-order valence-electron chi connectivity index (χ0n) is 19.1. The van der Waals surface area contributed by atoms with E-state index >= 15 is 0 Å². The number of hydrogen-bond acceptors (Lipinski definition) is 3. The summed E-state index contributed by atoms with van der Waals surface area (Å²) in [5.74, 6) is -0.688. The molecule has 2 unspecified atom stereocenters. The minimum Gasteiger partial charge on any atom is -0.368 e. The minimum atomic E-state index is -0.711. The molecule has 2 heterocycles. The van der Waals surface area contributed by atoms with Crippen LogP contribution < -0.4 is 11.4 Å². The summed E-state index contributed by atoms with van der Waals surface area (Å²) in [7, 11) is 0. The van der Waals surface area contributed by atoms with Crippen LogP contribution in [0.3, 0.4) is 0 Å². The Morgan fingerprint density at radius 2 is 1.76 bits per heavy atom. The third-order valence-electron chi connectivity index (χ3n) is 7.80. The van der Waals surface area contributed by atoms with Crippen molar-refractivity contribution in [1.29, 1.82) is 0 Å². The molecule has 4 aromatic rings. The maximum atomic E-state index is 14.4. The molecule has 0 saturated carbocycles. The molecule has 1 saturated heterocycles. The summed E-state index contributed by atoms with van der Waals surface area (Å²) in [5.41, 5.74) is 9.35. The van der Waals surface area contributed by atoms with Gasteiger partial charge in [0.05, 0.1) is 11.0 Å². The Morgan fingerprint density at radius 1 is 1.03 bits per heavy atom. The molecule has 0 spiro atoms. The lowest BCUT2D eigenvalue weighted by Gasteiger charge is -2.37. The van der Waals surface area contributed by atoms with E-state index in [0.29, 0.717) is 5.39 Å². The van der Waals surface area contributed by atoms with Crippen molar-refractivity contribution in [1.82, 2.24) is 14.0 Å². The Kier molecular flexibility index (Phi) is 4.85. The average molecular weight is 459 g/mol. The smallest absolute Gasteiger partial charge is 0.330 e. The normalized spacial score (nSPS) is 19.8. The number of amides is 1. The number of likely N-dealkylation sites (tertiary alicyclic amines) is 1. The van der Waals surface area contributed by atoms with E-state index in [9.17, 15) is 14.0 Å². The first-order valence-corrected chi connectivity index (χ1v) is 11.9. The first kappa shape index (κ1) is 21.1. The van der Waals surface area contributed by atoms with Crippen LogP contribution in [0.15, 0.2) is 59.4 Å². The zero-order chi connectivity index (χ0) is 23.6. The van der Waals surface area contributed by atoms with Gasteiger partial charge in [0.15, 0.2) is 0 Å². The number of benzene rings is 3. The number of piperidine rings is 1. The van der Waals surface area contributed by atoms with Gasteiger partial charge in [0, 0.05) is 30.6 Å². The third kappa shape index (κ3) is 3.03. The van der Waals surface area contributed by atoms with Crippen LogP contribution in [0.5, 0.6) is 0 Å². The first-order chi connectivity index (χ1) is 16.5. The summed E-state index contributed by atoms with van der Waals surface area (Å²) >= 11 is 0. The number of rotatable bonds is 4. The highest BCUT2D eigenvalue weighted by molar-refractivity contribution is 5.92. The zero-order valence-corrected chi connectivity index (χ0v) is 19.1. The monoisotopic (exact) mass is 458 g/mol. The molecule has 174 valence electrons. The van der Waals surface area contributed by atoms with Crippen molar-refractivity contribution in [2.45, 2.75) is 44.3 Å². The lowest BCUT2D eigenvalue weighted by Crippen LogP contribution is -2.40. The molecule has 0 radical (unpaired) electrons. The molecule has 34 heavy (non-hydrogen) atoms. The first-order valence-electron chi connectivity index (χ1n) is 11.9. The highest BCUT2D eigenvalue weighted by Gasteiger charge is 2.34. The van der Waals surface area contributed by atoms with Gasteiger partial charge in [-0.1, -0.05) is 36.4 Å². The molecule has 2 aliphatic rings. The van der Waals surface area contributed by atoms with Gasteiger partial charge in [0.25, 0.3) is 0 Å². The van der Waals surface area contributed by atoms with Crippen LogP contribution in [0.4, 0.5) is 4.39 Å². The van der Waals surface area contributed by atoms with Gasteiger partial charge in [-0.05, 0) is 60.9 Å². The second-order valence-corrected chi connectivity index (χ2v) is 9.55. The van der Waals surface area contributed by atoms with Crippen molar-refractivity contribution >= 4 is 27.7 Å². The van der Waals surface area contributed by atoms with Crippen LogP contribution in [0.2, 0.25) is 0 Å². The maximum Gasteiger partial charge on any atom is 0.330 e. The van der Waals surface area contributed by atoms with Crippen LogP contribution in [0.1, 0.15) is 49.0 Å². The van der Waals surface area contributed by atoms with Crippen LogP contribution in [-0.4, -0.2) is 33.0 Å². The van der Waals surface area contributed by atoms with Gasteiger partial charge in [-0.15, -0.1) is 0 Å². The number of halogens is 1. The summed E-state index contributed by atoms with van der Waals surface area (Å²) in [4.78, 5) is 27.8. The van der Waals surface area contributed by atoms with Gasteiger partial charge in [-0.25, -0.2) is 9.18 Å². The number of aromatic nitrogens is 2. The summed E-state index contributed by atoms with van der Waals surface area (Å²) < 4.78 is 17.8. The third-order valence-corrected chi connectivity index (χ3v) is 7.80. The van der Waals surface area contributed by atoms with Gasteiger partial charge in [0.1, 0.15) is 11.9 Å². The SMILES string of the molecule is CC(C(N)=O)n1c(=O)n(C2CCN(C3Cc4cccc5c(F)ccc3c45)CC2)c2ccccc21. The van der Waals surface area contributed by atoms with Crippen molar-refractivity contribution < 1.29 is 9.18 Å². The quantitative estimate of drug-likeness (QED) is 0.501. The maximum absolute atomic E-state index is 14.4. The Balaban J connectivity index is 1.30. The molecule has 1 aromatic heterocycles. The van der Waals surface area contributed by atoms with Gasteiger partial charge in [-0.2, -0.15) is 0 Å². The van der Waals surface area contributed by atoms with E-state index in [-0.39, 0.29) is 23.6 Å². The molecule has 7 heteroatoms. The molecule has 1 fully saturated rings. The molecule has 6 nitrogen and oxygen atoms in total. The van der Waals surface area contributed by atoms with Crippen molar-refractivity contribution in [3.05, 3.63) is 82.0 Å². The van der Waals surface area contributed by atoms with E-state index < -0.39 is 11.9 Å². The number of carbonyl (C=O) groups excluding carboxylic acids is 1. The van der Waals surface area contributed by atoms with Gasteiger partial charge in [-0.3, -0.25) is 18.8 Å². The van der Waals surface area contributed by atoms with Gasteiger partial charge < -0.3 is 5.73 Å². The fourth-order valence-corrected chi connectivity index (χ4v) is 6.07. The van der Waals surface area contributed by atoms with Crippen molar-refractivity contribution in [3.8, 4) is 0 Å². The Morgan fingerprint density at radius 3 is 2.50 bits per heavy atom. The number of fused-ring (bicyclic) bond motifs is 1. The summed E-state index contributed by atoms with van der Waals surface area (Å²) in [6, 6.07) is 16.6. The predicted octanol–water partition coefficient (Wildman–Crippen LogP) is 4.08. The second kappa shape index (κ2) is 7.81. The fourth-order valence-electron chi connectivity index (χ4n) is 6.07. The topological polar surface area (TPSA) is 73.3 Å². The van der Waals surface area contributed by atoms with Crippen molar-refractivity contribution in [2.75, 3.05) is 13.1 Å². The van der Waals surface area contributed by atoms with E-state index in [0.717, 1.165) is 48.8 Å². The number of para-hydroxylation sites is 2. The second-order valence-electron chi connectivity index (χ2n) is 9.55. The number of nitrogens with zero attached hydrogens (tertiary/aromatic N) is 3. The van der Waals surface area contributed by atoms with E-state index in [1.807, 2.05) is 47.0 Å². The molecule has 1 aliphatic carbocycles. The molecule has 0 bridgehead atoms. The molecular weight excluding hydrogens is 431 g/mol. The van der Waals surface area contributed by atoms with E-state index in [4.69, 9.17) is 5.73 Å². The highest BCUT2D eigenvalue weighted by Crippen LogP contribution is 2.42. The van der Waals surface area contributed by atoms with Gasteiger partial charge >= 0.3 is 5.69 Å². The number of imidazole rings is 1. The molecule has 2 N–H and O–H groups in total. The van der Waals surface area contributed by atoms with Crippen LogP contribution in [-0.2, 0) is 11.2 Å². The predicted molar refractivity (Wildman–Crippen MR) is 130 cm³/mol. The van der Waals surface area contributed by atoms with E-state index in [1.54, 1.807) is 13.0 Å². The van der Waals surface area contributed by atoms with E-state index in [2.05, 4.69) is 11.0 Å². The average Bonchev–Trinajstić information content (AvgIpc) is 3.36. The minimum absolute atomic E-state index is 0.0481. The summed E-state index contributed by atoms with van der Waals surface area (Å²) in [6.45, 7) is 3.36. The Hall–Kier alpha value is -3.45. The van der Waals surface area contributed by atoms with Crippen molar-refractivity contribution in [2.24, 2.45) is 5.73 Å². The lowest BCUT2D eigenvalue weighted by atomic mass is 9.99. The standard InChI is InChI=1S/C27H27FN4O2/c1-16(26(29)33)31-22-7-2-3-8-23(22)32(27(31)34)18-11-13-30(14-12-18)24-15-17-5-4-6-19-21(28)10-9-20(24)25(17)19/h2-10,16,18,24H,11-15H2,1H3,(H2,29,33). The van der Waals surface area contributed by atoms with E-state index in [1.165, 1.54) is 15.7 Å². The van der Waals surface area contributed by atoms with Crippen LogP contribution in [0.25, 0.3) is 21.8 Å². The molecule has 3 aromatic carbocycles.